The van der Waals surface area contributed by atoms with Crippen molar-refractivity contribution < 1.29 is 0 Å². The van der Waals surface area contributed by atoms with Crippen LogP contribution in [0.3, 0.4) is 0 Å². The van der Waals surface area contributed by atoms with Gasteiger partial charge in [0.1, 0.15) is 0 Å². The molecule has 1 rings (SSSR count). The zero-order valence-electron chi connectivity index (χ0n) is 6.89. The molecule has 0 aliphatic carbocycles. The number of hydrogen-bond acceptors (Lipinski definition) is 3. The van der Waals surface area contributed by atoms with Crippen LogP contribution in [0.2, 0.25) is 0 Å². The Kier molecular flexibility index (Phi) is 1.94. The Bertz CT molecular complexity index is 134. The molecule has 10 heavy (non-hydrogen) atoms. The summed E-state index contributed by atoms with van der Waals surface area (Å²) in [5.74, 6) is 0. The van der Waals surface area contributed by atoms with Crippen LogP contribution in [0.25, 0.3) is 0 Å². The number of rotatable bonds is 0. The normalized spacial score (nSPS) is 19.7. The van der Waals surface area contributed by atoms with Crippen LogP contribution in [-0.2, 0) is 0 Å². The standard InChI is InChI=1S/C7H15N3/c1-7(2,3)10-6-8-4-5-9-10/h5,8H,4,6H2,1-3H3. The van der Waals surface area contributed by atoms with Gasteiger partial charge < -0.3 is 0 Å². The van der Waals surface area contributed by atoms with E-state index in [1.54, 1.807) is 0 Å². The molecule has 1 aliphatic heterocycles. The molecule has 1 N–H and O–H groups in total. The van der Waals surface area contributed by atoms with E-state index in [1.165, 1.54) is 0 Å². The largest absolute Gasteiger partial charge is 0.293 e. The van der Waals surface area contributed by atoms with Crippen molar-refractivity contribution in [2.45, 2.75) is 26.3 Å². The number of hydrogen-bond donors (Lipinski definition) is 1. The van der Waals surface area contributed by atoms with Gasteiger partial charge in [0.15, 0.2) is 0 Å². The van der Waals surface area contributed by atoms with E-state index in [1.807, 2.05) is 11.2 Å². The molecular weight excluding hydrogens is 126 g/mol. The van der Waals surface area contributed by atoms with Gasteiger partial charge in [0, 0.05) is 12.8 Å². The van der Waals surface area contributed by atoms with E-state index in [-0.39, 0.29) is 5.54 Å². The molecule has 0 fully saturated rings. The van der Waals surface area contributed by atoms with E-state index in [0.29, 0.717) is 0 Å². The maximum Gasteiger partial charge on any atom is 0.0863 e. The number of hydrazone groups is 1. The van der Waals surface area contributed by atoms with Gasteiger partial charge >= 0.3 is 0 Å². The molecule has 0 amide bonds. The monoisotopic (exact) mass is 141 g/mol. The fourth-order valence-corrected chi connectivity index (χ4v) is 0.826. The molecule has 0 aromatic heterocycles. The number of nitrogens with one attached hydrogen (secondary N) is 1. The predicted octanol–water partition coefficient (Wildman–Crippen LogP) is 0.633. The fourth-order valence-electron chi connectivity index (χ4n) is 0.826. The summed E-state index contributed by atoms with van der Waals surface area (Å²) >= 11 is 0. The second kappa shape index (κ2) is 2.58. The van der Waals surface area contributed by atoms with E-state index >= 15 is 0 Å². The van der Waals surface area contributed by atoms with Crippen molar-refractivity contribution in [2.75, 3.05) is 13.2 Å². The Balaban J connectivity index is 2.55. The van der Waals surface area contributed by atoms with Crippen molar-refractivity contribution in [2.24, 2.45) is 5.10 Å². The third-order valence-electron chi connectivity index (χ3n) is 1.49. The summed E-state index contributed by atoms with van der Waals surface area (Å²) in [6.45, 7) is 8.21. The Morgan fingerprint density at radius 1 is 1.50 bits per heavy atom. The van der Waals surface area contributed by atoms with E-state index in [2.05, 4.69) is 31.2 Å². The molecule has 0 unspecified atom stereocenters. The van der Waals surface area contributed by atoms with Gasteiger partial charge in [-0.25, -0.2) is 0 Å². The van der Waals surface area contributed by atoms with Gasteiger partial charge in [-0.05, 0) is 20.8 Å². The highest BCUT2D eigenvalue weighted by Gasteiger charge is 2.19. The van der Waals surface area contributed by atoms with Crippen molar-refractivity contribution in [3.8, 4) is 0 Å². The molecule has 58 valence electrons. The first-order chi connectivity index (χ1) is 4.61. The summed E-state index contributed by atoms with van der Waals surface area (Å²) in [6, 6.07) is 0. The summed E-state index contributed by atoms with van der Waals surface area (Å²) in [6.07, 6.45) is 1.90. The lowest BCUT2D eigenvalue weighted by Crippen LogP contribution is -2.46. The second-order valence-electron chi connectivity index (χ2n) is 3.48. The second-order valence-corrected chi connectivity index (χ2v) is 3.48. The van der Waals surface area contributed by atoms with Crippen LogP contribution < -0.4 is 5.32 Å². The van der Waals surface area contributed by atoms with Crippen molar-refractivity contribution in [3.63, 3.8) is 0 Å². The first kappa shape index (κ1) is 7.54. The van der Waals surface area contributed by atoms with Crippen molar-refractivity contribution in [1.29, 1.82) is 0 Å². The SMILES string of the molecule is CC(C)(C)N1CNCC=N1. The topological polar surface area (TPSA) is 27.6 Å². The number of nitrogens with zero attached hydrogens (tertiary/aromatic N) is 2. The molecule has 3 nitrogen and oxygen atoms in total. The summed E-state index contributed by atoms with van der Waals surface area (Å²) in [4.78, 5) is 0. The summed E-state index contributed by atoms with van der Waals surface area (Å²) in [5.41, 5.74) is 0.143. The van der Waals surface area contributed by atoms with Gasteiger partial charge in [0.25, 0.3) is 0 Å². The van der Waals surface area contributed by atoms with Crippen LogP contribution in [0.4, 0.5) is 0 Å². The Morgan fingerprint density at radius 3 is 2.50 bits per heavy atom. The Hall–Kier alpha value is -0.570. The van der Waals surface area contributed by atoms with Crippen molar-refractivity contribution in [1.82, 2.24) is 10.3 Å². The summed E-state index contributed by atoms with van der Waals surface area (Å²) in [5, 5.41) is 9.50. The van der Waals surface area contributed by atoms with E-state index < -0.39 is 0 Å². The molecule has 3 heteroatoms. The molecule has 0 bridgehead atoms. The lowest BCUT2D eigenvalue weighted by molar-refractivity contribution is 0.127. The smallest absolute Gasteiger partial charge is 0.0863 e. The van der Waals surface area contributed by atoms with Crippen LogP contribution in [0.5, 0.6) is 0 Å². The van der Waals surface area contributed by atoms with E-state index in [0.717, 1.165) is 13.2 Å². The predicted molar refractivity (Wildman–Crippen MR) is 43.0 cm³/mol. The zero-order chi connectivity index (χ0) is 7.61. The van der Waals surface area contributed by atoms with Gasteiger partial charge in [-0.15, -0.1) is 0 Å². The van der Waals surface area contributed by atoms with Crippen LogP contribution >= 0.6 is 0 Å². The van der Waals surface area contributed by atoms with Crippen molar-refractivity contribution in [3.05, 3.63) is 0 Å². The Labute approximate surface area is 62.1 Å². The minimum Gasteiger partial charge on any atom is -0.293 e. The van der Waals surface area contributed by atoms with E-state index in [4.69, 9.17) is 0 Å². The maximum absolute atomic E-state index is 4.25. The molecular formula is C7H15N3. The van der Waals surface area contributed by atoms with Crippen LogP contribution in [-0.4, -0.2) is 30.0 Å². The fraction of sp³-hybridized carbons (Fsp3) is 0.857. The highest BCUT2D eigenvalue weighted by Crippen LogP contribution is 2.12. The highest BCUT2D eigenvalue weighted by atomic mass is 15.5. The first-order valence-corrected chi connectivity index (χ1v) is 3.61. The molecule has 1 aliphatic rings. The summed E-state index contributed by atoms with van der Waals surface area (Å²) in [7, 11) is 0. The lowest BCUT2D eigenvalue weighted by Gasteiger charge is -2.34. The molecule has 0 spiro atoms. The molecule has 0 saturated carbocycles. The Morgan fingerprint density at radius 2 is 2.20 bits per heavy atom. The van der Waals surface area contributed by atoms with Crippen LogP contribution in [0.15, 0.2) is 5.10 Å². The van der Waals surface area contributed by atoms with Crippen molar-refractivity contribution >= 4 is 6.21 Å². The average molecular weight is 141 g/mol. The van der Waals surface area contributed by atoms with Crippen LogP contribution in [0.1, 0.15) is 20.8 Å². The zero-order valence-corrected chi connectivity index (χ0v) is 6.89. The van der Waals surface area contributed by atoms with Gasteiger partial charge in [-0.3, -0.25) is 10.3 Å². The van der Waals surface area contributed by atoms with E-state index in [9.17, 15) is 0 Å². The minimum absolute atomic E-state index is 0.143. The van der Waals surface area contributed by atoms with Gasteiger partial charge in [0.05, 0.1) is 12.2 Å². The quantitative estimate of drug-likeness (QED) is 0.536. The third kappa shape index (κ3) is 1.70. The molecule has 1 heterocycles. The van der Waals surface area contributed by atoms with Gasteiger partial charge in [-0.1, -0.05) is 0 Å². The first-order valence-electron chi connectivity index (χ1n) is 3.61. The van der Waals surface area contributed by atoms with Crippen LogP contribution in [0, 0.1) is 0 Å². The average Bonchev–Trinajstić information content (AvgIpc) is 1.88. The highest BCUT2D eigenvalue weighted by molar-refractivity contribution is 5.59. The van der Waals surface area contributed by atoms with Gasteiger partial charge in [0.2, 0.25) is 0 Å². The molecule has 0 saturated heterocycles. The minimum atomic E-state index is 0.143. The third-order valence-corrected chi connectivity index (χ3v) is 1.49. The summed E-state index contributed by atoms with van der Waals surface area (Å²) < 4.78 is 0. The lowest BCUT2D eigenvalue weighted by atomic mass is 10.1. The molecule has 0 aromatic rings. The van der Waals surface area contributed by atoms with Gasteiger partial charge in [-0.2, -0.15) is 5.10 Å². The maximum atomic E-state index is 4.25. The molecule has 0 radical (unpaired) electrons. The molecule has 0 atom stereocenters. The molecule has 0 aromatic carbocycles.